The van der Waals surface area contributed by atoms with Crippen molar-refractivity contribution in [2.75, 3.05) is 37.9 Å². The number of nitrogens with one attached hydrogen (secondary N) is 1. The number of amides is 1. The highest BCUT2D eigenvalue weighted by molar-refractivity contribution is 7.92. The molecular weight excluding hydrogens is 376 g/mol. The second kappa shape index (κ2) is 7.61. The Labute approximate surface area is 156 Å². The van der Waals surface area contributed by atoms with Gasteiger partial charge in [-0.15, -0.1) is 0 Å². The van der Waals surface area contributed by atoms with E-state index in [4.69, 9.17) is 0 Å². The Morgan fingerprint density at radius 3 is 2.19 bits per heavy atom. The maximum absolute atomic E-state index is 13.3. The molecule has 6 nitrogen and oxygen atoms in total. The van der Waals surface area contributed by atoms with Crippen molar-refractivity contribution in [3.63, 3.8) is 0 Å². The third-order valence-corrected chi connectivity index (χ3v) is 5.75. The second-order valence-corrected chi connectivity index (χ2v) is 8.04. The highest BCUT2D eigenvalue weighted by atomic mass is 32.2. The van der Waals surface area contributed by atoms with Crippen LogP contribution in [0, 0.1) is 11.6 Å². The molecule has 9 heteroatoms. The summed E-state index contributed by atoms with van der Waals surface area (Å²) < 4.78 is 53.1. The summed E-state index contributed by atoms with van der Waals surface area (Å²) in [7, 11) is -2.07. The number of carbonyl (C=O) groups is 1. The molecule has 144 valence electrons. The Hall–Kier alpha value is -2.52. The van der Waals surface area contributed by atoms with Gasteiger partial charge in [0, 0.05) is 37.4 Å². The minimum atomic E-state index is -4.07. The lowest BCUT2D eigenvalue weighted by atomic mass is 10.1. The average Bonchev–Trinajstić information content (AvgIpc) is 2.64. The van der Waals surface area contributed by atoms with Gasteiger partial charge in [-0.1, -0.05) is 0 Å². The summed E-state index contributed by atoms with van der Waals surface area (Å²) in [6, 6.07) is 8.33. The molecule has 1 saturated heterocycles. The Morgan fingerprint density at radius 2 is 1.59 bits per heavy atom. The summed E-state index contributed by atoms with van der Waals surface area (Å²) in [4.78, 5) is 16.0. The van der Waals surface area contributed by atoms with Gasteiger partial charge in [0.25, 0.3) is 15.9 Å². The van der Waals surface area contributed by atoms with Gasteiger partial charge in [-0.3, -0.25) is 9.52 Å². The van der Waals surface area contributed by atoms with E-state index in [9.17, 15) is 22.0 Å². The molecule has 0 radical (unpaired) electrons. The first-order chi connectivity index (χ1) is 12.8. The van der Waals surface area contributed by atoms with Gasteiger partial charge in [-0.25, -0.2) is 17.2 Å². The van der Waals surface area contributed by atoms with E-state index >= 15 is 0 Å². The number of nitrogens with zero attached hydrogens (tertiary/aromatic N) is 2. The van der Waals surface area contributed by atoms with Crippen LogP contribution in [0.2, 0.25) is 0 Å². The lowest BCUT2D eigenvalue weighted by Gasteiger charge is -2.32. The second-order valence-electron chi connectivity index (χ2n) is 6.35. The number of benzene rings is 2. The van der Waals surface area contributed by atoms with Crippen LogP contribution in [0.3, 0.4) is 0 Å². The van der Waals surface area contributed by atoms with Crippen molar-refractivity contribution in [2.45, 2.75) is 4.90 Å². The van der Waals surface area contributed by atoms with Crippen molar-refractivity contribution in [1.82, 2.24) is 9.80 Å². The molecule has 0 saturated carbocycles. The zero-order valence-electron chi connectivity index (χ0n) is 14.7. The van der Waals surface area contributed by atoms with E-state index in [1.807, 2.05) is 7.05 Å². The molecular formula is C18H19F2N3O3S. The number of hydrogen-bond acceptors (Lipinski definition) is 4. The quantitative estimate of drug-likeness (QED) is 0.861. The largest absolute Gasteiger partial charge is 0.336 e. The van der Waals surface area contributed by atoms with Crippen LogP contribution in [-0.4, -0.2) is 57.4 Å². The fraction of sp³-hybridized carbons (Fsp3) is 0.278. The molecule has 0 aliphatic carbocycles. The molecule has 1 fully saturated rings. The standard InChI is InChI=1S/C18H19F2N3O3S/c1-22-8-10-23(11-9-22)18(24)13-2-4-14(5-3-13)21-27(25,26)15-6-7-16(19)17(20)12-15/h2-7,12,21H,8-11H2,1H3. The highest BCUT2D eigenvalue weighted by Gasteiger charge is 2.21. The SMILES string of the molecule is CN1CCN(C(=O)c2ccc(NS(=O)(=O)c3ccc(F)c(F)c3)cc2)CC1. The lowest BCUT2D eigenvalue weighted by Crippen LogP contribution is -2.47. The van der Waals surface area contributed by atoms with Gasteiger partial charge in [0.2, 0.25) is 0 Å². The van der Waals surface area contributed by atoms with Crippen molar-refractivity contribution >= 4 is 21.6 Å². The first-order valence-electron chi connectivity index (χ1n) is 8.32. The molecule has 2 aromatic rings. The van der Waals surface area contributed by atoms with Gasteiger partial charge in [-0.2, -0.15) is 0 Å². The van der Waals surface area contributed by atoms with Crippen molar-refractivity contribution in [1.29, 1.82) is 0 Å². The van der Waals surface area contributed by atoms with Crippen molar-refractivity contribution < 1.29 is 22.0 Å². The molecule has 1 heterocycles. The van der Waals surface area contributed by atoms with Crippen LogP contribution in [0.1, 0.15) is 10.4 Å². The van der Waals surface area contributed by atoms with Gasteiger partial charge in [0.05, 0.1) is 4.90 Å². The number of carbonyl (C=O) groups excluding carboxylic acids is 1. The van der Waals surface area contributed by atoms with Crippen LogP contribution < -0.4 is 4.72 Å². The van der Waals surface area contributed by atoms with Gasteiger partial charge < -0.3 is 9.80 Å². The van der Waals surface area contributed by atoms with Crippen LogP contribution in [0.25, 0.3) is 0 Å². The van der Waals surface area contributed by atoms with Gasteiger partial charge in [-0.05, 0) is 49.5 Å². The predicted octanol–water partition coefficient (Wildman–Crippen LogP) is 2.15. The number of halogens is 2. The van der Waals surface area contributed by atoms with Crippen molar-refractivity contribution in [3.05, 3.63) is 59.7 Å². The number of sulfonamides is 1. The molecule has 0 spiro atoms. The van der Waals surface area contributed by atoms with Gasteiger partial charge in [0.1, 0.15) is 0 Å². The summed E-state index contributed by atoms with van der Waals surface area (Å²) in [6.07, 6.45) is 0. The zero-order chi connectivity index (χ0) is 19.6. The number of anilines is 1. The number of piperazine rings is 1. The Kier molecular flexibility index (Phi) is 5.43. The monoisotopic (exact) mass is 395 g/mol. The topological polar surface area (TPSA) is 69.7 Å². The van der Waals surface area contributed by atoms with E-state index in [0.717, 1.165) is 25.2 Å². The third-order valence-electron chi connectivity index (χ3n) is 4.38. The number of rotatable bonds is 4. The molecule has 1 aliphatic heterocycles. The van der Waals surface area contributed by atoms with Gasteiger partial charge >= 0.3 is 0 Å². The number of likely N-dealkylation sites (N-methyl/N-ethyl adjacent to an activating group) is 1. The maximum Gasteiger partial charge on any atom is 0.261 e. The molecule has 1 aliphatic rings. The van der Waals surface area contributed by atoms with Crippen LogP contribution in [0.4, 0.5) is 14.5 Å². The summed E-state index contributed by atoms with van der Waals surface area (Å²) in [5, 5.41) is 0. The van der Waals surface area contributed by atoms with Crippen molar-refractivity contribution in [3.8, 4) is 0 Å². The van der Waals surface area contributed by atoms with Crippen LogP contribution in [0.5, 0.6) is 0 Å². The normalized spacial score (nSPS) is 15.6. The van der Waals surface area contributed by atoms with E-state index in [1.54, 1.807) is 4.90 Å². The zero-order valence-corrected chi connectivity index (χ0v) is 15.5. The Balaban J connectivity index is 1.71. The fourth-order valence-electron chi connectivity index (χ4n) is 2.73. The molecule has 0 aromatic heterocycles. The fourth-order valence-corrected chi connectivity index (χ4v) is 3.80. The Bertz CT molecular complexity index is 941. The lowest BCUT2D eigenvalue weighted by molar-refractivity contribution is 0.0664. The maximum atomic E-state index is 13.3. The van der Waals surface area contributed by atoms with Crippen LogP contribution in [-0.2, 0) is 10.0 Å². The van der Waals surface area contributed by atoms with E-state index in [-0.39, 0.29) is 16.5 Å². The third kappa shape index (κ3) is 4.42. The summed E-state index contributed by atoms with van der Waals surface area (Å²) in [5.41, 5.74) is 0.671. The molecule has 3 rings (SSSR count). The molecule has 2 aromatic carbocycles. The smallest absolute Gasteiger partial charge is 0.261 e. The van der Waals surface area contributed by atoms with Crippen molar-refractivity contribution in [2.24, 2.45) is 0 Å². The van der Waals surface area contributed by atoms with E-state index in [2.05, 4.69) is 9.62 Å². The van der Waals surface area contributed by atoms with E-state index in [1.165, 1.54) is 24.3 Å². The minimum Gasteiger partial charge on any atom is -0.336 e. The first kappa shape index (κ1) is 19.2. The summed E-state index contributed by atoms with van der Waals surface area (Å²) in [6.45, 7) is 2.88. The Morgan fingerprint density at radius 1 is 0.963 bits per heavy atom. The number of hydrogen-bond donors (Lipinski definition) is 1. The molecule has 27 heavy (non-hydrogen) atoms. The van der Waals surface area contributed by atoms with Crippen LogP contribution >= 0.6 is 0 Å². The summed E-state index contributed by atoms with van der Waals surface area (Å²) >= 11 is 0. The van der Waals surface area contributed by atoms with Crippen LogP contribution in [0.15, 0.2) is 47.4 Å². The van der Waals surface area contributed by atoms with E-state index in [0.29, 0.717) is 24.7 Å². The summed E-state index contributed by atoms with van der Waals surface area (Å²) in [5.74, 6) is -2.48. The molecule has 1 N–H and O–H groups in total. The highest BCUT2D eigenvalue weighted by Crippen LogP contribution is 2.19. The average molecular weight is 395 g/mol. The molecule has 1 amide bonds. The first-order valence-corrected chi connectivity index (χ1v) is 9.80. The minimum absolute atomic E-state index is 0.113. The van der Waals surface area contributed by atoms with E-state index < -0.39 is 21.7 Å². The van der Waals surface area contributed by atoms with Gasteiger partial charge in [0.15, 0.2) is 11.6 Å². The predicted molar refractivity (Wildman–Crippen MR) is 97.0 cm³/mol. The molecule has 0 unspecified atom stereocenters. The molecule has 0 bridgehead atoms. The molecule has 0 atom stereocenters.